The minimum atomic E-state index is -0.298. The molecule has 126 valence electrons. The van der Waals surface area contributed by atoms with Crippen LogP contribution in [-0.4, -0.2) is 12.5 Å². The van der Waals surface area contributed by atoms with E-state index in [1.165, 1.54) is 6.07 Å². The van der Waals surface area contributed by atoms with Crippen LogP contribution in [0.15, 0.2) is 52.9 Å². The number of furan rings is 1. The second-order valence-corrected chi connectivity index (χ2v) is 5.93. The number of carbonyl (C=O) groups is 1. The van der Waals surface area contributed by atoms with Gasteiger partial charge in [-0.2, -0.15) is 5.26 Å². The molecule has 5 nitrogen and oxygen atoms in total. The van der Waals surface area contributed by atoms with E-state index in [0.29, 0.717) is 17.1 Å². The third kappa shape index (κ3) is 3.93. The van der Waals surface area contributed by atoms with E-state index >= 15 is 0 Å². The average Bonchev–Trinajstić information content (AvgIpc) is 3.05. The number of hydrogen-bond acceptors (Lipinski definition) is 4. The monoisotopic (exact) mass is 354 g/mol. The van der Waals surface area contributed by atoms with Crippen LogP contribution in [0.5, 0.6) is 5.75 Å². The highest BCUT2D eigenvalue weighted by Gasteiger charge is 2.15. The lowest BCUT2D eigenvalue weighted by molar-refractivity contribution is -0.123. The molecule has 0 aliphatic rings. The van der Waals surface area contributed by atoms with Gasteiger partial charge in [-0.25, -0.2) is 0 Å². The minimum absolute atomic E-state index is 0.184. The van der Waals surface area contributed by atoms with E-state index in [2.05, 4.69) is 5.32 Å². The number of nitrogens with one attached hydrogen (secondary N) is 1. The third-order valence-electron chi connectivity index (χ3n) is 3.67. The summed E-state index contributed by atoms with van der Waals surface area (Å²) in [5.41, 5.74) is 1.21. The molecule has 1 N–H and O–H groups in total. The van der Waals surface area contributed by atoms with Gasteiger partial charge >= 0.3 is 0 Å². The molecule has 2 aromatic carbocycles. The van der Waals surface area contributed by atoms with E-state index in [-0.39, 0.29) is 23.6 Å². The van der Waals surface area contributed by atoms with Crippen molar-refractivity contribution in [3.05, 3.63) is 64.9 Å². The van der Waals surface area contributed by atoms with Crippen molar-refractivity contribution >= 4 is 28.5 Å². The first-order valence-electron chi connectivity index (χ1n) is 7.67. The average molecular weight is 355 g/mol. The number of carbonyl (C=O) groups excluding carboxylic acids is 1. The van der Waals surface area contributed by atoms with Gasteiger partial charge in [-0.05, 0) is 37.3 Å². The molecular weight excluding hydrogens is 340 g/mol. The van der Waals surface area contributed by atoms with Crippen LogP contribution in [-0.2, 0) is 4.79 Å². The van der Waals surface area contributed by atoms with E-state index in [4.69, 9.17) is 26.0 Å². The number of para-hydroxylation sites is 1. The molecule has 1 amide bonds. The van der Waals surface area contributed by atoms with Gasteiger partial charge in [0.1, 0.15) is 17.1 Å². The Morgan fingerprint density at radius 2 is 2.12 bits per heavy atom. The van der Waals surface area contributed by atoms with Crippen molar-refractivity contribution < 1.29 is 13.9 Å². The van der Waals surface area contributed by atoms with Gasteiger partial charge < -0.3 is 14.5 Å². The maximum absolute atomic E-state index is 12.1. The Kier molecular flexibility index (Phi) is 4.92. The second kappa shape index (κ2) is 7.29. The molecule has 0 aliphatic heterocycles. The number of amides is 1. The lowest BCUT2D eigenvalue weighted by Crippen LogP contribution is -2.31. The van der Waals surface area contributed by atoms with Crippen molar-refractivity contribution in [3.8, 4) is 11.8 Å². The zero-order valence-electron chi connectivity index (χ0n) is 13.5. The predicted octanol–water partition coefficient (Wildman–Crippen LogP) is 4.21. The van der Waals surface area contributed by atoms with E-state index in [1.807, 2.05) is 43.3 Å². The van der Waals surface area contributed by atoms with Gasteiger partial charge in [-0.1, -0.05) is 29.8 Å². The van der Waals surface area contributed by atoms with Crippen LogP contribution in [0.25, 0.3) is 11.0 Å². The Morgan fingerprint density at radius 1 is 1.32 bits per heavy atom. The predicted molar refractivity (Wildman–Crippen MR) is 94.4 cm³/mol. The number of ether oxygens (including phenoxy) is 1. The van der Waals surface area contributed by atoms with Crippen molar-refractivity contribution in [2.45, 2.75) is 13.0 Å². The molecule has 0 bridgehead atoms. The zero-order valence-corrected chi connectivity index (χ0v) is 14.2. The fraction of sp³-hybridized carbons (Fsp3) is 0.158. The first kappa shape index (κ1) is 16.9. The largest absolute Gasteiger partial charge is 0.482 e. The lowest BCUT2D eigenvalue weighted by atomic mass is 10.2. The summed E-state index contributed by atoms with van der Waals surface area (Å²) < 4.78 is 11.1. The lowest BCUT2D eigenvalue weighted by Gasteiger charge is -2.12. The smallest absolute Gasteiger partial charge is 0.258 e. The molecule has 6 heteroatoms. The summed E-state index contributed by atoms with van der Waals surface area (Å²) in [5.74, 6) is 0.728. The molecule has 0 radical (unpaired) electrons. The molecule has 0 saturated carbocycles. The van der Waals surface area contributed by atoms with Crippen LogP contribution in [0.4, 0.5) is 0 Å². The number of halogens is 1. The first-order chi connectivity index (χ1) is 12.1. The van der Waals surface area contributed by atoms with Crippen molar-refractivity contribution in [3.63, 3.8) is 0 Å². The molecule has 0 aliphatic carbocycles. The molecule has 3 aromatic rings. The Labute approximate surface area is 149 Å². The number of nitriles is 1. The summed E-state index contributed by atoms with van der Waals surface area (Å²) in [6.45, 7) is 1.65. The Morgan fingerprint density at radius 3 is 2.84 bits per heavy atom. The van der Waals surface area contributed by atoms with Gasteiger partial charge in [-0.15, -0.1) is 0 Å². The van der Waals surface area contributed by atoms with Crippen molar-refractivity contribution in [1.82, 2.24) is 5.32 Å². The van der Waals surface area contributed by atoms with Crippen molar-refractivity contribution in [2.24, 2.45) is 0 Å². The Bertz CT molecular complexity index is 926. The highest BCUT2D eigenvalue weighted by Crippen LogP contribution is 2.26. The van der Waals surface area contributed by atoms with E-state index in [9.17, 15) is 4.79 Å². The maximum atomic E-state index is 12.1. The molecule has 0 unspecified atom stereocenters. The van der Waals surface area contributed by atoms with Crippen molar-refractivity contribution in [1.29, 1.82) is 5.26 Å². The van der Waals surface area contributed by atoms with Gasteiger partial charge in [0.05, 0.1) is 22.7 Å². The number of rotatable bonds is 5. The fourth-order valence-electron chi connectivity index (χ4n) is 2.40. The van der Waals surface area contributed by atoms with Gasteiger partial charge in [0.2, 0.25) is 0 Å². The summed E-state index contributed by atoms with van der Waals surface area (Å²) in [7, 11) is 0. The van der Waals surface area contributed by atoms with Gasteiger partial charge in [0.25, 0.3) is 5.91 Å². The number of hydrogen-bond donors (Lipinski definition) is 1. The highest BCUT2D eigenvalue weighted by atomic mass is 35.5. The highest BCUT2D eigenvalue weighted by molar-refractivity contribution is 6.32. The quantitative estimate of drug-likeness (QED) is 0.744. The maximum Gasteiger partial charge on any atom is 0.258 e. The van der Waals surface area contributed by atoms with Crippen LogP contribution < -0.4 is 10.1 Å². The standard InChI is InChI=1S/C19H15ClN2O3/c1-12(18-9-14-4-2-3-5-16(14)25-18)22-19(23)11-24-17-7-6-13(10-21)8-15(17)20/h2-9,12H,11H2,1H3,(H,22,23)/t12-/m0/s1. The molecule has 1 heterocycles. The van der Waals surface area contributed by atoms with Gasteiger partial charge in [0, 0.05) is 5.39 Å². The molecule has 0 saturated heterocycles. The number of benzene rings is 2. The topological polar surface area (TPSA) is 75.3 Å². The van der Waals surface area contributed by atoms with Crippen LogP contribution in [0.2, 0.25) is 5.02 Å². The zero-order chi connectivity index (χ0) is 17.8. The third-order valence-corrected chi connectivity index (χ3v) is 3.96. The van der Waals surface area contributed by atoms with E-state index in [0.717, 1.165) is 11.0 Å². The van der Waals surface area contributed by atoms with Crippen LogP contribution in [0.3, 0.4) is 0 Å². The van der Waals surface area contributed by atoms with E-state index in [1.54, 1.807) is 12.1 Å². The Balaban J connectivity index is 1.59. The Hall–Kier alpha value is -2.97. The van der Waals surface area contributed by atoms with Gasteiger partial charge in [0.15, 0.2) is 6.61 Å². The molecule has 1 atom stereocenters. The van der Waals surface area contributed by atoms with Crippen LogP contribution >= 0.6 is 11.6 Å². The molecular formula is C19H15ClN2O3. The molecule has 3 rings (SSSR count). The summed E-state index contributed by atoms with van der Waals surface area (Å²) in [4.78, 5) is 12.1. The first-order valence-corrected chi connectivity index (χ1v) is 8.05. The second-order valence-electron chi connectivity index (χ2n) is 5.52. The van der Waals surface area contributed by atoms with Crippen molar-refractivity contribution in [2.75, 3.05) is 6.61 Å². The number of nitrogens with zero attached hydrogens (tertiary/aromatic N) is 1. The summed E-state index contributed by atoms with van der Waals surface area (Å²) in [5, 5.41) is 12.9. The molecule has 25 heavy (non-hydrogen) atoms. The van der Waals surface area contributed by atoms with Crippen LogP contribution in [0.1, 0.15) is 24.3 Å². The molecule has 1 aromatic heterocycles. The minimum Gasteiger partial charge on any atom is -0.482 e. The van der Waals surface area contributed by atoms with Crippen LogP contribution in [0, 0.1) is 11.3 Å². The SMILES string of the molecule is C[C@H](NC(=O)COc1ccc(C#N)cc1Cl)c1cc2ccccc2o1. The fourth-order valence-corrected chi connectivity index (χ4v) is 2.64. The molecule has 0 spiro atoms. The van der Waals surface area contributed by atoms with Gasteiger partial charge in [-0.3, -0.25) is 4.79 Å². The molecule has 0 fully saturated rings. The summed E-state index contributed by atoms with van der Waals surface area (Å²) in [6, 6.07) is 15.9. The summed E-state index contributed by atoms with van der Waals surface area (Å²) in [6.07, 6.45) is 0. The normalized spacial score (nSPS) is 11.7. The number of fused-ring (bicyclic) bond motifs is 1. The van der Waals surface area contributed by atoms with E-state index < -0.39 is 0 Å². The summed E-state index contributed by atoms with van der Waals surface area (Å²) >= 11 is 6.02.